The van der Waals surface area contributed by atoms with Crippen molar-refractivity contribution in [1.29, 1.82) is 0 Å². The zero-order valence-electron chi connectivity index (χ0n) is 11.4. The Bertz CT molecular complexity index is 433. The lowest BCUT2D eigenvalue weighted by Gasteiger charge is -2.45. The molecule has 1 N–H and O–H groups in total. The standard InChI is InChI=1S/C12H19N3O4/c1-12(2)7-15(5-4-14(12)3)10(16)9-6-8(11(17)18)13-19-9/h9H,4-7H2,1-3H3,(H,17,18). The second-order valence-electron chi connectivity index (χ2n) is 5.64. The fourth-order valence-corrected chi connectivity index (χ4v) is 2.27. The molecule has 0 saturated carbocycles. The maximum absolute atomic E-state index is 12.3. The molecule has 2 heterocycles. The van der Waals surface area contributed by atoms with Crippen molar-refractivity contribution in [1.82, 2.24) is 9.80 Å². The minimum Gasteiger partial charge on any atom is -0.477 e. The summed E-state index contributed by atoms with van der Waals surface area (Å²) in [4.78, 5) is 31.9. The maximum atomic E-state index is 12.3. The number of hydrogen-bond acceptors (Lipinski definition) is 5. The monoisotopic (exact) mass is 269 g/mol. The highest BCUT2D eigenvalue weighted by Gasteiger charge is 2.39. The van der Waals surface area contributed by atoms with Crippen molar-refractivity contribution in [2.45, 2.75) is 31.9 Å². The Balaban J connectivity index is 1.97. The summed E-state index contributed by atoms with van der Waals surface area (Å²) >= 11 is 0. The van der Waals surface area contributed by atoms with E-state index in [-0.39, 0.29) is 23.6 Å². The fraction of sp³-hybridized carbons (Fsp3) is 0.750. The molecule has 2 aliphatic heterocycles. The highest BCUT2D eigenvalue weighted by atomic mass is 16.6. The molecule has 1 saturated heterocycles. The highest BCUT2D eigenvalue weighted by molar-refractivity contribution is 6.36. The topological polar surface area (TPSA) is 82.4 Å². The first-order valence-electron chi connectivity index (χ1n) is 6.27. The van der Waals surface area contributed by atoms with Crippen LogP contribution in [0.1, 0.15) is 20.3 Å². The predicted molar refractivity (Wildman–Crippen MR) is 67.8 cm³/mol. The number of carbonyl (C=O) groups excluding carboxylic acids is 1. The van der Waals surface area contributed by atoms with E-state index in [0.29, 0.717) is 13.1 Å². The summed E-state index contributed by atoms with van der Waals surface area (Å²) in [5.74, 6) is -1.31. The van der Waals surface area contributed by atoms with Crippen LogP contribution in [-0.2, 0) is 14.4 Å². The Labute approximate surface area is 111 Å². The molecule has 0 radical (unpaired) electrons. The van der Waals surface area contributed by atoms with E-state index in [2.05, 4.69) is 23.9 Å². The van der Waals surface area contributed by atoms with Crippen LogP contribution in [0.5, 0.6) is 0 Å². The lowest BCUT2D eigenvalue weighted by atomic mass is 9.99. The van der Waals surface area contributed by atoms with E-state index in [1.165, 1.54) is 0 Å². The van der Waals surface area contributed by atoms with Crippen molar-refractivity contribution in [3.63, 3.8) is 0 Å². The number of carboxylic acid groups (broad SMARTS) is 1. The van der Waals surface area contributed by atoms with Crippen LogP contribution in [0.3, 0.4) is 0 Å². The number of rotatable bonds is 2. The number of likely N-dealkylation sites (N-methyl/N-ethyl adjacent to an activating group) is 1. The van der Waals surface area contributed by atoms with Crippen molar-refractivity contribution in [2.24, 2.45) is 5.16 Å². The van der Waals surface area contributed by atoms with E-state index in [1.807, 2.05) is 7.05 Å². The maximum Gasteiger partial charge on any atom is 0.353 e. The molecule has 1 atom stereocenters. The Kier molecular flexibility index (Phi) is 3.49. The van der Waals surface area contributed by atoms with Gasteiger partial charge in [-0.2, -0.15) is 0 Å². The third kappa shape index (κ3) is 2.70. The van der Waals surface area contributed by atoms with E-state index < -0.39 is 12.1 Å². The van der Waals surface area contributed by atoms with Gasteiger partial charge in [0.25, 0.3) is 5.91 Å². The lowest BCUT2D eigenvalue weighted by molar-refractivity contribution is -0.146. The van der Waals surface area contributed by atoms with E-state index in [0.717, 1.165) is 6.54 Å². The van der Waals surface area contributed by atoms with Crippen molar-refractivity contribution in [3.8, 4) is 0 Å². The summed E-state index contributed by atoms with van der Waals surface area (Å²) < 4.78 is 0. The largest absolute Gasteiger partial charge is 0.477 e. The Morgan fingerprint density at radius 1 is 1.42 bits per heavy atom. The Hall–Kier alpha value is -1.63. The van der Waals surface area contributed by atoms with Crippen molar-refractivity contribution >= 4 is 17.6 Å². The van der Waals surface area contributed by atoms with E-state index >= 15 is 0 Å². The van der Waals surface area contributed by atoms with Crippen LogP contribution < -0.4 is 0 Å². The zero-order valence-corrected chi connectivity index (χ0v) is 11.4. The van der Waals surface area contributed by atoms with Gasteiger partial charge in [-0.1, -0.05) is 5.16 Å². The van der Waals surface area contributed by atoms with Crippen LogP contribution in [0, 0.1) is 0 Å². The first-order chi connectivity index (χ1) is 8.81. The molecule has 0 bridgehead atoms. The first kappa shape index (κ1) is 13.8. The number of nitrogens with zero attached hydrogens (tertiary/aromatic N) is 3. The molecular formula is C12H19N3O4. The first-order valence-corrected chi connectivity index (χ1v) is 6.27. The molecule has 0 aromatic carbocycles. The molecule has 2 aliphatic rings. The van der Waals surface area contributed by atoms with E-state index in [9.17, 15) is 9.59 Å². The smallest absolute Gasteiger partial charge is 0.353 e. The van der Waals surface area contributed by atoms with E-state index in [1.54, 1.807) is 4.90 Å². The second kappa shape index (κ2) is 4.80. The molecule has 19 heavy (non-hydrogen) atoms. The van der Waals surface area contributed by atoms with Crippen LogP contribution in [0.15, 0.2) is 5.16 Å². The molecular weight excluding hydrogens is 250 g/mol. The molecule has 0 spiro atoms. The van der Waals surface area contributed by atoms with Crippen LogP contribution >= 0.6 is 0 Å². The van der Waals surface area contributed by atoms with Gasteiger partial charge in [0.05, 0.1) is 0 Å². The van der Waals surface area contributed by atoms with Crippen LogP contribution in [0.4, 0.5) is 0 Å². The summed E-state index contributed by atoms with van der Waals surface area (Å²) in [5.41, 5.74) is -0.185. The molecule has 0 aliphatic carbocycles. The number of carbonyl (C=O) groups is 2. The summed E-state index contributed by atoms with van der Waals surface area (Å²) in [5, 5.41) is 12.2. The van der Waals surface area contributed by atoms with Gasteiger partial charge in [-0.05, 0) is 20.9 Å². The molecule has 106 valence electrons. The van der Waals surface area contributed by atoms with Gasteiger partial charge in [-0.15, -0.1) is 0 Å². The highest BCUT2D eigenvalue weighted by Crippen LogP contribution is 2.21. The Morgan fingerprint density at radius 2 is 2.11 bits per heavy atom. The summed E-state index contributed by atoms with van der Waals surface area (Å²) in [6.45, 7) is 6.16. The minimum absolute atomic E-state index is 0.0426. The van der Waals surface area contributed by atoms with Gasteiger partial charge in [0, 0.05) is 31.6 Å². The number of carboxylic acids is 1. The van der Waals surface area contributed by atoms with Gasteiger partial charge in [-0.3, -0.25) is 9.69 Å². The summed E-state index contributed by atoms with van der Waals surface area (Å²) in [6.07, 6.45) is -0.744. The van der Waals surface area contributed by atoms with Gasteiger partial charge in [0.15, 0.2) is 5.71 Å². The SMILES string of the molecule is CN1CCN(C(=O)C2CC(C(=O)O)=NO2)CC1(C)C. The van der Waals surface area contributed by atoms with Crippen molar-refractivity contribution in [3.05, 3.63) is 0 Å². The normalized spacial score (nSPS) is 26.8. The second-order valence-corrected chi connectivity index (χ2v) is 5.64. The number of oxime groups is 1. The average Bonchev–Trinajstić information content (AvgIpc) is 2.81. The Morgan fingerprint density at radius 3 is 2.63 bits per heavy atom. The minimum atomic E-state index is -1.13. The summed E-state index contributed by atoms with van der Waals surface area (Å²) in [7, 11) is 2.03. The number of piperazine rings is 1. The molecule has 1 unspecified atom stereocenters. The predicted octanol–water partition coefficient (Wildman–Crippen LogP) is -0.231. The number of amides is 1. The lowest BCUT2D eigenvalue weighted by Crippen LogP contribution is -2.60. The number of hydrogen-bond donors (Lipinski definition) is 1. The van der Waals surface area contributed by atoms with E-state index in [4.69, 9.17) is 9.94 Å². The van der Waals surface area contributed by atoms with Gasteiger partial charge >= 0.3 is 5.97 Å². The van der Waals surface area contributed by atoms with Crippen molar-refractivity contribution < 1.29 is 19.5 Å². The van der Waals surface area contributed by atoms with Gasteiger partial charge in [-0.25, -0.2) is 4.79 Å². The molecule has 1 fully saturated rings. The van der Waals surface area contributed by atoms with Crippen LogP contribution in [0.2, 0.25) is 0 Å². The van der Waals surface area contributed by atoms with Gasteiger partial charge in [0.2, 0.25) is 6.10 Å². The molecule has 0 aromatic rings. The molecule has 1 amide bonds. The average molecular weight is 269 g/mol. The van der Waals surface area contributed by atoms with Crippen LogP contribution in [-0.4, -0.2) is 70.8 Å². The quantitative estimate of drug-likeness (QED) is 0.748. The third-order valence-corrected chi connectivity index (χ3v) is 3.82. The zero-order chi connectivity index (χ0) is 14.2. The molecule has 7 nitrogen and oxygen atoms in total. The fourth-order valence-electron chi connectivity index (χ4n) is 2.27. The molecule has 7 heteroatoms. The third-order valence-electron chi connectivity index (χ3n) is 3.82. The number of aliphatic carboxylic acids is 1. The van der Waals surface area contributed by atoms with Crippen molar-refractivity contribution in [2.75, 3.05) is 26.7 Å². The molecule has 0 aromatic heterocycles. The molecule has 2 rings (SSSR count). The van der Waals surface area contributed by atoms with Gasteiger partial charge in [0.1, 0.15) is 0 Å². The van der Waals surface area contributed by atoms with Gasteiger partial charge < -0.3 is 14.8 Å². The summed E-state index contributed by atoms with van der Waals surface area (Å²) in [6, 6.07) is 0. The van der Waals surface area contributed by atoms with Crippen LogP contribution in [0.25, 0.3) is 0 Å².